The van der Waals surface area contributed by atoms with Gasteiger partial charge in [-0.25, -0.2) is 0 Å². The lowest BCUT2D eigenvalue weighted by Gasteiger charge is -2.30. The third-order valence-corrected chi connectivity index (χ3v) is 3.07. The van der Waals surface area contributed by atoms with Crippen LogP contribution in [-0.2, 0) is 0 Å². The van der Waals surface area contributed by atoms with Crippen LogP contribution in [0, 0.1) is 0 Å². The van der Waals surface area contributed by atoms with Crippen LogP contribution < -0.4 is 10.1 Å². The van der Waals surface area contributed by atoms with Crippen molar-refractivity contribution in [1.29, 1.82) is 0 Å². The first kappa shape index (κ1) is 12.1. The van der Waals surface area contributed by atoms with E-state index in [2.05, 4.69) is 10.2 Å². The van der Waals surface area contributed by atoms with Crippen LogP contribution in [0.4, 0.5) is 0 Å². The zero-order valence-corrected chi connectivity index (χ0v) is 10.3. The zero-order valence-electron chi connectivity index (χ0n) is 10.3. The molecule has 1 unspecified atom stereocenters. The highest BCUT2D eigenvalue weighted by molar-refractivity contribution is 6.02. The molecule has 2 rings (SSSR count). The van der Waals surface area contributed by atoms with Crippen molar-refractivity contribution in [3.63, 3.8) is 0 Å². The highest BCUT2D eigenvalue weighted by Gasteiger charge is 2.26. The number of ether oxygens (including phenoxy) is 1. The molecule has 17 heavy (non-hydrogen) atoms. The van der Waals surface area contributed by atoms with Gasteiger partial charge in [-0.15, -0.1) is 0 Å². The molecule has 1 fully saturated rings. The Kier molecular flexibility index (Phi) is 3.76. The SMILES string of the molecule is COc1ccccc1C(=O)C1CN(C)CCN1. The van der Waals surface area contributed by atoms with E-state index >= 15 is 0 Å². The number of nitrogens with zero attached hydrogens (tertiary/aromatic N) is 1. The first-order valence-electron chi connectivity index (χ1n) is 5.81. The smallest absolute Gasteiger partial charge is 0.184 e. The summed E-state index contributed by atoms with van der Waals surface area (Å²) in [6.07, 6.45) is 0. The summed E-state index contributed by atoms with van der Waals surface area (Å²) in [5.41, 5.74) is 0.655. The van der Waals surface area contributed by atoms with E-state index in [0.717, 1.165) is 19.6 Å². The number of hydrogen-bond donors (Lipinski definition) is 1. The van der Waals surface area contributed by atoms with Gasteiger partial charge in [0, 0.05) is 19.6 Å². The van der Waals surface area contributed by atoms with Crippen molar-refractivity contribution in [2.75, 3.05) is 33.8 Å². The van der Waals surface area contributed by atoms with Crippen molar-refractivity contribution in [1.82, 2.24) is 10.2 Å². The number of methoxy groups -OCH3 is 1. The Morgan fingerprint density at radius 3 is 2.94 bits per heavy atom. The van der Waals surface area contributed by atoms with E-state index in [-0.39, 0.29) is 11.8 Å². The van der Waals surface area contributed by atoms with Gasteiger partial charge < -0.3 is 15.0 Å². The predicted molar refractivity (Wildman–Crippen MR) is 66.6 cm³/mol. The van der Waals surface area contributed by atoms with Crippen LogP contribution in [0.25, 0.3) is 0 Å². The fourth-order valence-electron chi connectivity index (χ4n) is 2.11. The Labute approximate surface area is 102 Å². The van der Waals surface area contributed by atoms with Gasteiger partial charge in [-0.1, -0.05) is 12.1 Å². The molecule has 0 saturated carbocycles. The average Bonchev–Trinajstić information content (AvgIpc) is 2.38. The summed E-state index contributed by atoms with van der Waals surface area (Å²) in [4.78, 5) is 14.5. The maximum atomic E-state index is 12.4. The highest BCUT2D eigenvalue weighted by Crippen LogP contribution is 2.19. The molecule has 1 aromatic rings. The van der Waals surface area contributed by atoms with E-state index in [9.17, 15) is 4.79 Å². The quantitative estimate of drug-likeness (QED) is 0.785. The highest BCUT2D eigenvalue weighted by atomic mass is 16.5. The molecule has 0 radical (unpaired) electrons. The Hall–Kier alpha value is -1.39. The van der Waals surface area contributed by atoms with E-state index in [4.69, 9.17) is 4.74 Å². The molecule has 1 N–H and O–H groups in total. The van der Waals surface area contributed by atoms with Crippen LogP contribution in [0.5, 0.6) is 5.75 Å². The summed E-state index contributed by atoms with van der Waals surface area (Å²) in [6.45, 7) is 2.58. The number of Topliss-reactive ketones (excluding diaryl/α,β-unsaturated/α-hetero) is 1. The first-order chi connectivity index (χ1) is 8.22. The van der Waals surface area contributed by atoms with Gasteiger partial charge in [0.2, 0.25) is 0 Å². The minimum absolute atomic E-state index is 0.106. The second-order valence-corrected chi connectivity index (χ2v) is 4.33. The number of carbonyl (C=O) groups is 1. The molecule has 4 nitrogen and oxygen atoms in total. The van der Waals surface area contributed by atoms with E-state index < -0.39 is 0 Å². The Morgan fingerprint density at radius 2 is 2.24 bits per heavy atom. The lowest BCUT2D eigenvalue weighted by Crippen LogP contribution is -2.52. The summed E-state index contributed by atoms with van der Waals surface area (Å²) in [7, 11) is 3.62. The predicted octanol–water partition coefficient (Wildman–Crippen LogP) is 0.781. The van der Waals surface area contributed by atoms with Gasteiger partial charge >= 0.3 is 0 Å². The van der Waals surface area contributed by atoms with Crippen LogP contribution in [-0.4, -0.2) is 50.5 Å². The van der Waals surface area contributed by atoms with E-state index in [1.54, 1.807) is 7.11 Å². The zero-order chi connectivity index (χ0) is 12.3. The molecule has 0 amide bonds. The minimum atomic E-state index is -0.134. The molecule has 0 spiro atoms. The van der Waals surface area contributed by atoms with E-state index in [1.807, 2.05) is 31.3 Å². The molecular weight excluding hydrogens is 216 g/mol. The normalized spacial score (nSPS) is 21.2. The van der Waals surface area contributed by atoms with E-state index in [1.165, 1.54) is 0 Å². The molecule has 0 aliphatic carbocycles. The molecule has 1 aliphatic heterocycles. The summed E-state index contributed by atoms with van der Waals surface area (Å²) >= 11 is 0. The summed E-state index contributed by atoms with van der Waals surface area (Å²) in [5.74, 6) is 0.751. The number of ketones is 1. The van der Waals surface area contributed by atoms with Gasteiger partial charge in [-0.3, -0.25) is 4.79 Å². The number of para-hydroxylation sites is 1. The first-order valence-corrected chi connectivity index (χ1v) is 5.81. The number of piperazine rings is 1. The van der Waals surface area contributed by atoms with Crippen LogP contribution >= 0.6 is 0 Å². The lowest BCUT2D eigenvalue weighted by molar-refractivity contribution is 0.0891. The van der Waals surface area contributed by atoms with Crippen molar-refractivity contribution in [3.05, 3.63) is 29.8 Å². The van der Waals surface area contributed by atoms with Crippen molar-refractivity contribution >= 4 is 5.78 Å². The molecule has 4 heteroatoms. The fourth-order valence-corrected chi connectivity index (χ4v) is 2.11. The number of benzene rings is 1. The van der Waals surface area contributed by atoms with Crippen molar-refractivity contribution in [2.45, 2.75) is 6.04 Å². The fraction of sp³-hybridized carbons (Fsp3) is 0.462. The molecule has 0 aromatic heterocycles. The van der Waals surface area contributed by atoms with Gasteiger partial charge in [0.05, 0.1) is 18.7 Å². The second kappa shape index (κ2) is 5.29. The maximum absolute atomic E-state index is 12.4. The molecule has 1 aromatic carbocycles. The Morgan fingerprint density at radius 1 is 1.47 bits per heavy atom. The van der Waals surface area contributed by atoms with Crippen LogP contribution in [0.15, 0.2) is 24.3 Å². The Balaban J connectivity index is 2.18. The van der Waals surface area contributed by atoms with Gasteiger partial charge in [0.15, 0.2) is 5.78 Å². The number of carbonyl (C=O) groups excluding carboxylic acids is 1. The number of hydrogen-bond acceptors (Lipinski definition) is 4. The molecule has 0 bridgehead atoms. The topological polar surface area (TPSA) is 41.6 Å². The standard InChI is InChI=1S/C13H18N2O2/c1-15-8-7-14-11(9-15)13(16)10-5-3-4-6-12(10)17-2/h3-6,11,14H,7-9H2,1-2H3. The number of likely N-dealkylation sites (N-methyl/N-ethyl adjacent to an activating group) is 1. The molecule has 92 valence electrons. The largest absolute Gasteiger partial charge is 0.496 e. The van der Waals surface area contributed by atoms with Crippen LogP contribution in [0.1, 0.15) is 10.4 Å². The summed E-state index contributed by atoms with van der Waals surface area (Å²) in [6, 6.07) is 7.24. The maximum Gasteiger partial charge on any atom is 0.184 e. The van der Waals surface area contributed by atoms with Gasteiger partial charge in [0.1, 0.15) is 5.75 Å². The van der Waals surface area contributed by atoms with Gasteiger partial charge in [-0.2, -0.15) is 0 Å². The number of rotatable bonds is 3. The van der Waals surface area contributed by atoms with Gasteiger partial charge in [0.25, 0.3) is 0 Å². The molecule has 1 atom stereocenters. The number of nitrogens with one attached hydrogen (secondary N) is 1. The third kappa shape index (κ3) is 2.65. The molecule has 1 aliphatic rings. The third-order valence-electron chi connectivity index (χ3n) is 3.07. The summed E-state index contributed by atoms with van der Waals surface area (Å²) in [5, 5.41) is 3.25. The van der Waals surface area contributed by atoms with Gasteiger partial charge in [-0.05, 0) is 19.2 Å². The molecular formula is C13H18N2O2. The second-order valence-electron chi connectivity index (χ2n) is 4.33. The Bertz CT molecular complexity index is 406. The van der Waals surface area contributed by atoms with Crippen molar-refractivity contribution in [2.24, 2.45) is 0 Å². The van der Waals surface area contributed by atoms with Crippen LogP contribution in [0.3, 0.4) is 0 Å². The van der Waals surface area contributed by atoms with Crippen molar-refractivity contribution in [3.8, 4) is 5.75 Å². The van der Waals surface area contributed by atoms with E-state index in [0.29, 0.717) is 11.3 Å². The monoisotopic (exact) mass is 234 g/mol. The minimum Gasteiger partial charge on any atom is -0.496 e. The summed E-state index contributed by atoms with van der Waals surface area (Å²) < 4.78 is 5.22. The average molecular weight is 234 g/mol. The van der Waals surface area contributed by atoms with Crippen molar-refractivity contribution < 1.29 is 9.53 Å². The molecule has 1 saturated heterocycles. The van der Waals surface area contributed by atoms with Crippen LogP contribution in [0.2, 0.25) is 0 Å². The lowest BCUT2D eigenvalue weighted by atomic mass is 10.0. The molecule has 1 heterocycles.